The minimum atomic E-state index is -0.0242. The summed E-state index contributed by atoms with van der Waals surface area (Å²) in [5.41, 5.74) is 6.71. The van der Waals surface area contributed by atoms with Gasteiger partial charge in [-0.15, -0.1) is 0 Å². The average molecular weight is 281 g/mol. The molecule has 0 aliphatic rings. The lowest BCUT2D eigenvalue weighted by atomic mass is 10.0. The van der Waals surface area contributed by atoms with E-state index < -0.39 is 0 Å². The van der Waals surface area contributed by atoms with E-state index >= 15 is 0 Å². The fourth-order valence-corrected chi connectivity index (χ4v) is 2.28. The minimum Gasteiger partial charge on any atom is -0.346 e. The number of benzene rings is 2. The number of nitrogens with one attached hydrogen (secondary N) is 1. The monoisotopic (exact) mass is 281 g/mol. The maximum absolute atomic E-state index is 12.3. The van der Waals surface area contributed by atoms with Crippen molar-refractivity contribution in [3.8, 4) is 0 Å². The van der Waals surface area contributed by atoms with Crippen LogP contribution in [0.4, 0.5) is 0 Å². The summed E-state index contributed by atoms with van der Waals surface area (Å²) in [5, 5.41) is 3.07. The van der Waals surface area contributed by atoms with Crippen LogP contribution in [0.1, 0.15) is 51.1 Å². The summed E-state index contributed by atoms with van der Waals surface area (Å²) >= 11 is 0. The summed E-state index contributed by atoms with van der Waals surface area (Å²) in [4.78, 5) is 12.3. The molecular weight excluding hydrogens is 258 g/mol. The van der Waals surface area contributed by atoms with Crippen LogP contribution in [0.15, 0.2) is 36.4 Å². The van der Waals surface area contributed by atoms with Gasteiger partial charge < -0.3 is 5.32 Å². The van der Waals surface area contributed by atoms with Crippen LogP contribution >= 0.6 is 0 Å². The first kappa shape index (κ1) is 15.3. The van der Waals surface area contributed by atoms with Gasteiger partial charge in [-0.05, 0) is 74.6 Å². The van der Waals surface area contributed by atoms with Crippen molar-refractivity contribution < 1.29 is 4.79 Å². The molecule has 2 nitrogen and oxygen atoms in total. The third kappa shape index (κ3) is 3.52. The normalized spacial score (nSPS) is 12.0. The average Bonchev–Trinajstić information content (AvgIpc) is 2.44. The molecule has 0 saturated heterocycles. The van der Waals surface area contributed by atoms with Gasteiger partial charge >= 0.3 is 0 Å². The second-order valence-electron chi connectivity index (χ2n) is 5.84. The van der Waals surface area contributed by atoms with Crippen molar-refractivity contribution in [3.63, 3.8) is 0 Å². The van der Waals surface area contributed by atoms with E-state index in [0.29, 0.717) is 5.56 Å². The van der Waals surface area contributed by atoms with E-state index in [1.807, 2.05) is 32.0 Å². The number of carbonyl (C=O) groups excluding carboxylic acids is 1. The van der Waals surface area contributed by atoms with E-state index in [-0.39, 0.29) is 11.9 Å². The molecule has 1 amide bonds. The molecule has 1 unspecified atom stereocenters. The van der Waals surface area contributed by atoms with Crippen LogP contribution in [0.3, 0.4) is 0 Å². The summed E-state index contributed by atoms with van der Waals surface area (Å²) in [6.45, 7) is 10.3. The Hall–Kier alpha value is -2.09. The van der Waals surface area contributed by atoms with E-state index in [4.69, 9.17) is 0 Å². The number of amides is 1. The number of aryl methyl sites for hydroxylation is 4. The standard InChI is InChI=1S/C19H23NO/c1-12-6-8-17(10-14(12)3)16(5)20-19(21)18-9-7-13(2)15(4)11-18/h6-11,16H,1-5H3,(H,20,21). The lowest BCUT2D eigenvalue weighted by Gasteiger charge is -2.16. The van der Waals surface area contributed by atoms with Crippen molar-refractivity contribution in [2.75, 3.05) is 0 Å². The lowest BCUT2D eigenvalue weighted by molar-refractivity contribution is 0.0940. The van der Waals surface area contributed by atoms with Crippen molar-refractivity contribution in [2.24, 2.45) is 0 Å². The Morgan fingerprint density at radius 2 is 1.43 bits per heavy atom. The van der Waals surface area contributed by atoms with E-state index in [1.54, 1.807) is 0 Å². The molecule has 2 heteroatoms. The van der Waals surface area contributed by atoms with Gasteiger partial charge in [-0.25, -0.2) is 0 Å². The molecule has 0 bridgehead atoms. The highest BCUT2D eigenvalue weighted by Gasteiger charge is 2.12. The van der Waals surface area contributed by atoms with E-state index in [9.17, 15) is 4.79 Å². The van der Waals surface area contributed by atoms with Crippen LogP contribution in [0.2, 0.25) is 0 Å². The van der Waals surface area contributed by atoms with Crippen molar-refractivity contribution in [3.05, 3.63) is 69.8 Å². The number of hydrogen-bond acceptors (Lipinski definition) is 1. The molecule has 2 rings (SSSR count). The second-order valence-corrected chi connectivity index (χ2v) is 5.84. The van der Waals surface area contributed by atoms with Crippen LogP contribution in [-0.4, -0.2) is 5.91 Å². The summed E-state index contributed by atoms with van der Waals surface area (Å²) in [6.07, 6.45) is 0. The summed E-state index contributed by atoms with van der Waals surface area (Å²) in [5.74, 6) is -0.0242. The van der Waals surface area contributed by atoms with Gasteiger partial charge in [-0.3, -0.25) is 4.79 Å². The van der Waals surface area contributed by atoms with Gasteiger partial charge in [-0.2, -0.15) is 0 Å². The Morgan fingerprint density at radius 1 is 0.857 bits per heavy atom. The zero-order valence-corrected chi connectivity index (χ0v) is 13.4. The number of rotatable bonds is 3. The summed E-state index contributed by atoms with van der Waals surface area (Å²) in [7, 11) is 0. The van der Waals surface area contributed by atoms with Crippen LogP contribution in [0.25, 0.3) is 0 Å². The predicted octanol–water partition coefficient (Wildman–Crippen LogP) is 4.41. The largest absolute Gasteiger partial charge is 0.346 e. The molecule has 1 N–H and O–H groups in total. The van der Waals surface area contributed by atoms with Crippen LogP contribution in [0, 0.1) is 27.7 Å². The zero-order chi connectivity index (χ0) is 15.6. The fourth-order valence-electron chi connectivity index (χ4n) is 2.28. The van der Waals surface area contributed by atoms with Crippen LogP contribution in [0.5, 0.6) is 0 Å². The molecule has 0 heterocycles. The van der Waals surface area contributed by atoms with Gasteiger partial charge in [0.2, 0.25) is 0 Å². The first-order valence-corrected chi connectivity index (χ1v) is 7.33. The molecule has 2 aromatic rings. The summed E-state index contributed by atoms with van der Waals surface area (Å²) < 4.78 is 0. The highest BCUT2D eigenvalue weighted by atomic mass is 16.1. The Balaban J connectivity index is 2.14. The third-order valence-electron chi connectivity index (χ3n) is 4.15. The van der Waals surface area contributed by atoms with Gasteiger partial charge in [0.25, 0.3) is 5.91 Å². The molecule has 0 fully saturated rings. The van der Waals surface area contributed by atoms with E-state index in [2.05, 4.69) is 44.3 Å². The molecular formula is C19H23NO. The van der Waals surface area contributed by atoms with Gasteiger partial charge in [0.05, 0.1) is 6.04 Å². The van der Waals surface area contributed by atoms with Gasteiger partial charge in [0.15, 0.2) is 0 Å². The zero-order valence-electron chi connectivity index (χ0n) is 13.4. The summed E-state index contributed by atoms with van der Waals surface area (Å²) in [6, 6.07) is 12.1. The Labute approximate surface area is 127 Å². The molecule has 0 aliphatic heterocycles. The highest BCUT2D eigenvalue weighted by Crippen LogP contribution is 2.18. The van der Waals surface area contributed by atoms with Crippen LogP contribution in [-0.2, 0) is 0 Å². The van der Waals surface area contributed by atoms with Crippen LogP contribution < -0.4 is 5.32 Å². The molecule has 2 aromatic carbocycles. The maximum Gasteiger partial charge on any atom is 0.251 e. The molecule has 0 spiro atoms. The van der Waals surface area contributed by atoms with E-state index in [0.717, 1.165) is 11.1 Å². The first-order chi connectivity index (χ1) is 9.88. The molecule has 0 saturated carbocycles. The number of hydrogen-bond donors (Lipinski definition) is 1. The molecule has 0 aliphatic carbocycles. The molecule has 0 aromatic heterocycles. The topological polar surface area (TPSA) is 29.1 Å². The van der Waals surface area contributed by atoms with Crippen molar-refractivity contribution >= 4 is 5.91 Å². The lowest BCUT2D eigenvalue weighted by Crippen LogP contribution is -2.26. The highest BCUT2D eigenvalue weighted by molar-refractivity contribution is 5.94. The predicted molar refractivity (Wildman–Crippen MR) is 87.7 cm³/mol. The van der Waals surface area contributed by atoms with Gasteiger partial charge in [0.1, 0.15) is 0 Å². The van der Waals surface area contributed by atoms with Gasteiger partial charge in [-0.1, -0.05) is 24.3 Å². The quantitative estimate of drug-likeness (QED) is 0.887. The van der Waals surface area contributed by atoms with Crippen molar-refractivity contribution in [1.82, 2.24) is 5.32 Å². The van der Waals surface area contributed by atoms with E-state index in [1.165, 1.54) is 16.7 Å². The van der Waals surface area contributed by atoms with Crippen molar-refractivity contribution in [2.45, 2.75) is 40.7 Å². The Kier molecular flexibility index (Phi) is 4.46. The van der Waals surface area contributed by atoms with Crippen molar-refractivity contribution in [1.29, 1.82) is 0 Å². The van der Waals surface area contributed by atoms with Gasteiger partial charge in [0, 0.05) is 5.56 Å². The minimum absolute atomic E-state index is 0.00147. The SMILES string of the molecule is Cc1ccc(C(=O)NC(C)c2ccc(C)c(C)c2)cc1C. The Morgan fingerprint density at radius 3 is 2.00 bits per heavy atom. The molecule has 1 atom stereocenters. The maximum atomic E-state index is 12.3. The third-order valence-corrected chi connectivity index (χ3v) is 4.15. The molecule has 21 heavy (non-hydrogen) atoms. The molecule has 110 valence electrons. The first-order valence-electron chi connectivity index (χ1n) is 7.33. The molecule has 0 radical (unpaired) electrons. The smallest absolute Gasteiger partial charge is 0.251 e. The number of carbonyl (C=O) groups is 1. The Bertz CT molecular complexity index is 673. The fraction of sp³-hybridized carbons (Fsp3) is 0.316. The second kappa shape index (κ2) is 6.13.